The lowest BCUT2D eigenvalue weighted by Gasteiger charge is -2.29. The molecule has 0 radical (unpaired) electrons. The maximum atomic E-state index is 2.42. The highest BCUT2D eigenvalue weighted by Crippen LogP contribution is 2.46. The minimum Gasteiger partial charge on any atom is -0.310 e. The Bertz CT molecular complexity index is 3660. The van der Waals surface area contributed by atoms with Crippen molar-refractivity contribution in [1.29, 1.82) is 0 Å². The van der Waals surface area contributed by atoms with Crippen LogP contribution in [-0.4, -0.2) is 0 Å². The highest BCUT2D eigenvalue weighted by Gasteiger charge is 2.21. The summed E-state index contributed by atoms with van der Waals surface area (Å²) < 4.78 is 2.63. The van der Waals surface area contributed by atoms with E-state index in [0.29, 0.717) is 0 Å². The highest BCUT2D eigenvalue weighted by molar-refractivity contribution is 7.25. The fraction of sp³-hybridized carbons (Fsp3) is 0. The second-order valence-electron chi connectivity index (χ2n) is 16.4. The zero-order valence-electron chi connectivity index (χ0n) is 35.0. The van der Waals surface area contributed by atoms with Crippen LogP contribution in [0.15, 0.2) is 249 Å². The van der Waals surface area contributed by atoms with Gasteiger partial charge in [-0.3, -0.25) is 0 Å². The molecule has 0 amide bonds. The summed E-state index contributed by atoms with van der Waals surface area (Å²) in [7, 11) is 0. The lowest BCUT2D eigenvalue weighted by atomic mass is 9.88. The molecule has 0 spiro atoms. The predicted octanol–water partition coefficient (Wildman–Crippen LogP) is 18.2. The Morgan fingerprint density at radius 1 is 0.250 bits per heavy atom. The third-order valence-electron chi connectivity index (χ3n) is 12.7. The second kappa shape index (κ2) is 16.0. The number of hydrogen-bond acceptors (Lipinski definition) is 2. The molecule has 11 aromatic carbocycles. The Kier molecular flexibility index (Phi) is 9.43. The number of anilines is 3. The van der Waals surface area contributed by atoms with Crippen molar-refractivity contribution >= 4 is 70.1 Å². The average Bonchev–Trinajstić information content (AvgIpc) is 3.75. The van der Waals surface area contributed by atoms with Crippen LogP contribution in [0.1, 0.15) is 0 Å². The van der Waals surface area contributed by atoms with Gasteiger partial charge in [0.1, 0.15) is 0 Å². The van der Waals surface area contributed by atoms with Gasteiger partial charge >= 0.3 is 0 Å². The summed E-state index contributed by atoms with van der Waals surface area (Å²) in [5, 5.41) is 7.71. The molecule has 0 aliphatic carbocycles. The molecular formula is C62H41NS. The molecule has 300 valence electrons. The molecule has 1 nitrogen and oxygen atoms in total. The molecule has 0 bridgehead atoms. The first kappa shape index (κ1) is 37.7. The molecule has 0 saturated carbocycles. The van der Waals surface area contributed by atoms with Gasteiger partial charge in [-0.2, -0.15) is 0 Å². The minimum absolute atomic E-state index is 1.09. The van der Waals surface area contributed by atoms with Gasteiger partial charge in [0.2, 0.25) is 0 Å². The topological polar surface area (TPSA) is 3.24 Å². The summed E-state index contributed by atoms with van der Waals surface area (Å²) >= 11 is 1.86. The third kappa shape index (κ3) is 6.73. The maximum Gasteiger partial charge on any atom is 0.0540 e. The van der Waals surface area contributed by atoms with E-state index in [9.17, 15) is 0 Å². The minimum atomic E-state index is 1.09. The van der Waals surface area contributed by atoms with E-state index >= 15 is 0 Å². The fourth-order valence-electron chi connectivity index (χ4n) is 9.57. The summed E-state index contributed by atoms with van der Waals surface area (Å²) in [6.45, 7) is 0. The summed E-state index contributed by atoms with van der Waals surface area (Å²) in [5.41, 5.74) is 15.2. The fourth-order valence-corrected chi connectivity index (χ4v) is 10.7. The second-order valence-corrected chi connectivity index (χ2v) is 17.5. The quantitative estimate of drug-likeness (QED) is 0.138. The number of para-hydroxylation sites is 1. The first-order valence-electron chi connectivity index (χ1n) is 21.9. The lowest BCUT2D eigenvalue weighted by molar-refractivity contribution is 1.28. The van der Waals surface area contributed by atoms with Crippen LogP contribution in [0.25, 0.3) is 97.4 Å². The van der Waals surface area contributed by atoms with Gasteiger partial charge in [0.15, 0.2) is 0 Å². The van der Waals surface area contributed by atoms with Crippen LogP contribution in [0.4, 0.5) is 17.1 Å². The van der Waals surface area contributed by atoms with E-state index in [4.69, 9.17) is 0 Å². The van der Waals surface area contributed by atoms with E-state index in [2.05, 4.69) is 254 Å². The number of fused-ring (bicyclic) bond motifs is 6. The predicted molar refractivity (Wildman–Crippen MR) is 276 cm³/mol. The van der Waals surface area contributed by atoms with Gasteiger partial charge in [-0.25, -0.2) is 0 Å². The third-order valence-corrected chi connectivity index (χ3v) is 13.8. The number of nitrogens with zero attached hydrogens (tertiary/aromatic N) is 1. The maximum absolute atomic E-state index is 2.42. The van der Waals surface area contributed by atoms with Crippen LogP contribution < -0.4 is 4.90 Å². The van der Waals surface area contributed by atoms with Gasteiger partial charge in [-0.15, -0.1) is 11.3 Å². The van der Waals surface area contributed by atoms with Gasteiger partial charge in [-0.1, -0.05) is 200 Å². The number of benzene rings is 11. The smallest absolute Gasteiger partial charge is 0.0540 e. The number of hydrogen-bond donors (Lipinski definition) is 0. The Labute approximate surface area is 377 Å². The summed E-state index contributed by atoms with van der Waals surface area (Å²) in [6, 6.07) is 91.0. The standard InChI is InChI=1S/C62H41NS/c1-2-14-44(15-3-1)52-18-6-7-19-54(52)55-20-8-9-21-56(55)57-22-10-12-24-60(57)63(50-36-30-43(31-37-50)47-33-39-59-58-23-11-13-25-61(58)64-62(59)41-47)49-34-28-42(29-35-49)46-32-38-53-48(40-46)27-26-45-16-4-5-17-51(45)53/h1-41H. The summed E-state index contributed by atoms with van der Waals surface area (Å²) in [5.74, 6) is 0. The molecule has 0 unspecified atom stereocenters. The summed E-state index contributed by atoms with van der Waals surface area (Å²) in [4.78, 5) is 2.42. The van der Waals surface area contributed by atoms with Crippen molar-refractivity contribution < 1.29 is 0 Å². The van der Waals surface area contributed by atoms with Gasteiger partial charge in [-0.05, 0) is 120 Å². The van der Waals surface area contributed by atoms with Crippen LogP contribution in [0.3, 0.4) is 0 Å². The Hall–Kier alpha value is -8.04. The molecule has 0 atom stereocenters. The van der Waals surface area contributed by atoms with Crippen molar-refractivity contribution in [2.75, 3.05) is 4.90 Å². The Morgan fingerprint density at radius 2 is 0.719 bits per heavy atom. The monoisotopic (exact) mass is 831 g/mol. The molecule has 0 fully saturated rings. The SMILES string of the molecule is c1ccc(-c2ccccc2-c2ccccc2-c2ccccc2N(c2ccc(-c3ccc4c(ccc5ccccc54)c3)cc2)c2ccc(-c3ccc4c(c3)sc3ccccc34)cc2)cc1. The van der Waals surface area contributed by atoms with Gasteiger partial charge in [0, 0.05) is 37.1 Å². The molecule has 12 aromatic rings. The van der Waals surface area contributed by atoms with E-state index in [1.165, 1.54) is 91.8 Å². The van der Waals surface area contributed by atoms with Gasteiger partial charge < -0.3 is 4.90 Å². The first-order valence-corrected chi connectivity index (χ1v) is 22.7. The highest BCUT2D eigenvalue weighted by atomic mass is 32.1. The van der Waals surface area contributed by atoms with E-state index in [1.54, 1.807) is 0 Å². The zero-order valence-corrected chi connectivity index (χ0v) is 35.8. The Morgan fingerprint density at radius 3 is 1.44 bits per heavy atom. The molecule has 1 heterocycles. The van der Waals surface area contributed by atoms with Crippen molar-refractivity contribution in [2.24, 2.45) is 0 Å². The van der Waals surface area contributed by atoms with E-state index in [-0.39, 0.29) is 0 Å². The van der Waals surface area contributed by atoms with Crippen molar-refractivity contribution in [2.45, 2.75) is 0 Å². The van der Waals surface area contributed by atoms with Crippen molar-refractivity contribution in [3.63, 3.8) is 0 Å². The summed E-state index contributed by atoms with van der Waals surface area (Å²) in [6.07, 6.45) is 0. The molecule has 64 heavy (non-hydrogen) atoms. The number of thiophene rings is 1. The molecule has 1 aromatic heterocycles. The largest absolute Gasteiger partial charge is 0.310 e. The van der Waals surface area contributed by atoms with E-state index < -0.39 is 0 Å². The van der Waals surface area contributed by atoms with E-state index in [1.807, 2.05) is 11.3 Å². The van der Waals surface area contributed by atoms with Crippen LogP contribution in [0.2, 0.25) is 0 Å². The normalized spacial score (nSPS) is 11.4. The van der Waals surface area contributed by atoms with Gasteiger partial charge in [0.05, 0.1) is 5.69 Å². The number of rotatable bonds is 8. The van der Waals surface area contributed by atoms with E-state index in [0.717, 1.165) is 22.6 Å². The van der Waals surface area contributed by atoms with Crippen LogP contribution in [-0.2, 0) is 0 Å². The Balaban J connectivity index is 0.979. The van der Waals surface area contributed by atoms with Gasteiger partial charge in [0.25, 0.3) is 0 Å². The van der Waals surface area contributed by atoms with Crippen molar-refractivity contribution in [1.82, 2.24) is 0 Å². The van der Waals surface area contributed by atoms with Crippen LogP contribution >= 0.6 is 11.3 Å². The molecular weight excluding hydrogens is 791 g/mol. The first-order chi connectivity index (χ1) is 31.7. The zero-order chi connectivity index (χ0) is 42.4. The molecule has 0 aliphatic heterocycles. The van der Waals surface area contributed by atoms with Crippen LogP contribution in [0.5, 0.6) is 0 Å². The lowest BCUT2D eigenvalue weighted by Crippen LogP contribution is -2.11. The van der Waals surface area contributed by atoms with Crippen molar-refractivity contribution in [3.8, 4) is 55.6 Å². The molecule has 12 rings (SSSR count). The molecule has 2 heteroatoms. The molecule has 0 saturated heterocycles. The average molecular weight is 832 g/mol. The molecule has 0 N–H and O–H groups in total. The van der Waals surface area contributed by atoms with Crippen LogP contribution in [0, 0.1) is 0 Å². The van der Waals surface area contributed by atoms with Crippen molar-refractivity contribution in [3.05, 3.63) is 249 Å². The molecule has 0 aliphatic rings.